The molecule has 0 aromatic carbocycles. The van der Waals surface area contributed by atoms with Crippen molar-refractivity contribution in [1.82, 2.24) is 10.2 Å². The summed E-state index contributed by atoms with van der Waals surface area (Å²) in [7, 11) is 0. The van der Waals surface area contributed by atoms with E-state index in [4.69, 9.17) is 0 Å². The molecule has 1 saturated carbocycles. The monoisotopic (exact) mass is 206 g/mol. The van der Waals surface area contributed by atoms with E-state index in [9.17, 15) is 4.79 Å². The highest BCUT2D eigenvalue weighted by molar-refractivity contribution is 5.82. The second-order valence-electron chi connectivity index (χ2n) is 5.83. The SMILES string of the molecule is O=C(C1CC1)N1C2CC3CC1CC(C2)N3. The summed E-state index contributed by atoms with van der Waals surface area (Å²) in [6.45, 7) is 0. The van der Waals surface area contributed by atoms with E-state index in [0.717, 1.165) is 24.9 Å². The Hall–Kier alpha value is -0.570. The number of rotatable bonds is 1. The van der Waals surface area contributed by atoms with Crippen LogP contribution in [0, 0.1) is 5.92 Å². The van der Waals surface area contributed by atoms with Crippen molar-refractivity contribution in [3.8, 4) is 0 Å². The second-order valence-corrected chi connectivity index (χ2v) is 5.83. The molecule has 1 amide bonds. The minimum atomic E-state index is 0.412. The molecule has 82 valence electrons. The number of piperidine rings is 4. The predicted molar refractivity (Wildman–Crippen MR) is 56.3 cm³/mol. The molecule has 0 spiro atoms. The zero-order valence-electron chi connectivity index (χ0n) is 8.98. The van der Waals surface area contributed by atoms with Gasteiger partial charge in [-0.2, -0.15) is 0 Å². The Labute approximate surface area is 90.2 Å². The lowest BCUT2D eigenvalue weighted by Crippen LogP contribution is -2.68. The van der Waals surface area contributed by atoms with Gasteiger partial charge in [-0.05, 0) is 38.5 Å². The second kappa shape index (κ2) is 2.76. The quantitative estimate of drug-likeness (QED) is 0.691. The van der Waals surface area contributed by atoms with Gasteiger partial charge in [0.1, 0.15) is 0 Å². The van der Waals surface area contributed by atoms with E-state index in [2.05, 4.69) is 10.2 Å². The molecule has 1 N–H and O–H groups in total. The van der Waals surface area contributed by atoms with E-state index in [-0.39, 0.29) is 0 Å². The van der Waals surface area contributed by atoms with Gasteiger partial charge in [0.2, 0.25) is 5.91 Å². The maximum absolute atomic E-state index is 12.2. The summed E-state index contributed by atoms with van der Waals surface area (Å²) in [6.07, 6.45) is 7.16. The fourth-order valence-electron chi connectivity index (χ4n) is 3.96. The molecule has 5 fully saturated rings. The van der Waals surface area contributed by atoms with Crippen LogP contribution in [0.2, 0.25) is 0 Å². The molecule has 0 aromatic rings. The summed E-state index contributed by atoms with van der Waals surface area (Å²) in [5.74, 6) is 0.902. The van der Waals surface area contributed by atoms with Crippen LogP contribution in [0.1, 0.15) is 38.5 Å². The molecule has 4 heterocycles. The maximum atomic E-state index is 12.2. The molecular formula is C12H18N2O. The Morgan fingerprint density at radius 2 is 1.53 bits per heavy atom. The van der Waals surface area contributed by atoms with Crippen molar-refractivity contribution in [2.24, 2.45) is 5.92 Å². The minimum absolute atomic E-state index is 0.412. The fraction of sp³-hybridized carbons (Fsp3) is 0.917. The molecule has 4 aliphatic heterocycles. The van der Waals surface area contributed by atoms with E-state index < -0.39 is 0 Å². The van der Waals surface area contributed by atoms with Crippen molar-refractivity contribution >= 4 is 5.91 Å². The van der Waals surface area contributed by atoms with Crippen LogP contribution in [0.4, 0.5) is 0 Å². The van der Waals surface area contributed by atoms with Crippen molar-refractivity contribution in [3.63, 3.8) is 0 Å². The molecular weight excluding hydrogens is 188 g/mol. The lowest BCUT2D eigenvalue weighted by Gasteiger charge is -2.57. The number of nitrogens with zero attached hydrogens (tertiary/aromatic N) is 1. The largest absolute Gasteiger partial charge is 0.336 e. The van der Waals surface area contributed by atoms with E-state index >= 15 is 0 Å². The maximum Gasteiger partial charge on any atom is 0.226 e. The summed E-state index contributed by atoms with van der Waals surface area (Å²) < 4.78 is 0. The molecule has 0 unspecified atom stereocenters. The van der Waals surface area contributed by atoms with Gasteiger partial charge in [0, 0.05) is 30.1 Å². The Morgan fingerprint density at radius 3 is 2.00 bits per heavy atom. The smallest absolute Gasteiger partial charge is 0.226 e. The first-order valence-electron chi connectivity index (χ1n) is 6.39. The number of hydrogen-bond donors (Lipinski definition) is 1. The van der Waals surface area contributed by atoms with Crippen molar-refractivity contribution in [2.75, 3.05) is 0 Å². The third kappa shape index (κ3) is 1.19. The standard InChI is InChI=1S/C12H18N2O/c15-12(7-1-2-7)14-10-3-8-4-11(14)6-9(5-10)13-8/h7-11,13H,1-6H2. The van der Waals surface area contributed by atoms with E-state index in [1.54, 1.807) is 0 Å². The van der Waals surface area contributed by atoms with Crippen LogP contribution in [-0.4, -0.2) is 35.0 Å². The zero-order chi connectivity index (χ0) is 9.99. The Kier molecular flexibility index (Phi) is 1.58. The molecule has 3 nitrogen and oxygen atoms in total. The third-order valence-electron chi connectivity index (χ3n) is 4.67. The van der Waals surface area contributed by atoms with Gasteiger partial charge in [0.15, 0.2) is 0 Å². The topological polar surface area (TPSA) is 32.3 Å². The average molecular weight is 206 g/mol. The Morgan fingerprint density at radius 1 is 1.00 bits per heavy atom. The van der Waals surface area contributed by atoms with E-state index in [1.807, 2.05) is 0 Å². The number of hydrogen-bond acceptors (Lipinski definition) is 2. The molecule has 5 aliphatic rings. The van der Waals surface area contributed by atoms with Crippen LogP contribution in [0.25, 0.3) is 0 Å². The van der Waals surface area contributed by atoms with Crippen LogP contribution >= 0.6 is 0 Å². The molecule has 0 aromatic heterocycles. The molecule has 4 saturated heterocycles. The van der Waals surface area contributed by atoms with Gasteiger partial charge in [-0.15, -0.1) is 0 Å². The summed E-state index contributed by atoms with van der Waals surface area (Å²) in [5, 5.41) is 3.68. The van der Waals surface area contributed by atoms with Crippen molar-refractivity contribution in [3.05, 3.63) is 0 Å². The summed E-state index contributed by atoms with van der Waals surface area (Å²) in [6, 6.07) is 2.61. The lowest BCUT2D eigenvalue weighted by atomic mass is 9.74. The fourth-order valence-corrected chi connectivity index (χ4v) is 3.96. The van der Waals surface area contributed by atoms with Crippen molar-refractivity contribution in [2.45, 2.75) is 62.7 Å². The van der Waals surface area contributed by atoms with Crippen LogP contribution in [0.5, 0.6) is 0 Å². The third-order valence-corrected chi connectivity index (χ3v) is 4.67. The molecule has 1 aliphatic carbocycles. The number of nitrogens with one attached hydrogen (secondary N) is 1. The van der Waals surface area contributed by atoms with Crippen LogP contribution in [-0.2, 0) is 4.79 Å². The first kappa shape index (κ1) is 8.57. The summed E-state index contributed by atoms with van der Waals surface area (Å²) in [4.78, 5) is 14.5. The van der Waals surface area contributed by atoms with Gasteiger partial charge in [-0.25, -0.2) is 0 Å². The zero-order valence-corrected chi connectivity index (χ0v) is 8.98. The van der Waals surface area contributed by atoms with Gasteiger partial charge < -0.3 is 10.2 Å². The van der Waals surface area contributed by atoms with Gasteiger partial charge in [-0.1, -0.05) is 0 Å². The Bertz CT molecular complexity index is 283. The first-order chi connectivity index (χ1) is 7.31. The highest BCUT2D eigenvalue weighted by Gasteiger charge is 2.50. The van der Waals surface area contributed by atoms with E-state index in [0.29, 0.717) is 23.9 Å². The van der Waals surface area contributed by atoms with Gasteiger partial charge in [0.05, 0.1) is 0 Å². The number of carbonyl (C=O) groups excluding carboxylic acids is 1. The van der Waals surface area contributed by atoms with E-state index in [1.165, 1.54) is 25.7 Å². The van der Waals surface area contributed by atoms with Gasteiger partial charge in [-0.3, -0.25) is 4.79 Å². The van der Waals surface area contributed by atoms with Crippen LogP contribution < -0.4 is 5.32 Å². The molecule has 3 heteroatoms. The molecule has 0 radical (unpaired) electrons. The summed E-state index contributed by atoms with van der Waals surface area (Å²) in [5.41, 5.74) is 0. The molecule has 0 atom stereocenters. The average Bonchev–Trinajstić information content (AvgIpc) is 2.98. The highest BCUT2D eigenvalue weighted by atomic mass is 16.2. The first-order valence-corrected chi connectivity index (χ1v) is 6.39. The summed E-state index contributed by atoms with van der Waals surface area (Å²) >= 11 is 0. The normalized spacial score (nSPS) is 47.3. The molecule has 4 bridgehead atoms. The number of carbonyl (C=O) groups is 1. The molecule has 15 heavy (non-hydrogen) atoms. The van der Waals surface area contributed by atoms with Crippen LogP contribution in [0.3, 0.4) is 0 Å². The van der Waals surface area contributed by atoms with Crippen molar-refractivity contribution in [1.29, 1.82) is 0 Å². The lowest BCUT2D eigenvalue weighted by molar-refractivity contribution is -0.147. The minimum Gasteiger partial charge on any atom is -0.336 e. The van der Waals surface area contributed by atoms with Crippen LogP contribution in [0.15, 0.2) is 0 Å². The Balaban J connectivity index is 1.61. The highest BCUT2D eigenvalue weighted by Crippen LogP contribution is 2.42. The van der Waals surface area contributed by atoms with Gasteiger partial charge >= 0.3 is 0 Å². The number of amides is 1. The molecule has 5 rings (SSSR count). The van der Waals surface area contributed by atoms with Crippen molar-refractivity contribution < 1.29 is 4.79 Å². The van der Waals surface area contributed by atoms with Gasteiger partial charge in [0.25, 0.3) is 0 Å². The predicted octanol–water partition coefficient (Wildman–Crippen LogP) is 0.890.